The van der Waals surface area contributed by atoms with Gasteiger partial charge in [-0.25, -0.2) is 5.48 Å². The second-order valence-electron chi connectivity index (χ2n) is 10.7. The highest BCUT2D eigenvalue weighted by Gasteiger charge is 2.30. The second-order valence-corrected chi connectivity index (χ2v) is 10.7. The van der Waals surface area contributed by atoms with Crippen LogP contribution in [0.4, 0.5) is 0 Å². The van der Waals surface area contributed by atoms with Gasteiger partial charge in [-0.15, -0.1) is 0 Å². The number of rotatable bonds is 17. The first-order chi connectivity index (χ1) is 19.5. The summed E-state index contributed by atoms with van der Waals surface area (Å²) in [5.41, 5.74) is 14.2. The van der Waals surface area contributed by atoms with E-state index in [4.69, 9.17) is 16.7 Å². The van der Waals surface area contributed by atoms with Crippen LogP contribution in [0, 0.1) is 11.8 Å². The smallest absolute Gasteiger partial charge is 0.244 e. The molecular formula is C28H43N7O6. The molecule has 10 N–H and O–H groups in total. The molecule has 0 aliphatic carbocycles. The number of carbonyl (C=O) groups is 5. The number of nitrogens with one attached hydrogen (secondary N) is 5. The molecule has 5 amide bonds. The molecule has 1 aromatic carbocycles. The van der Waals surface area contributed by atoms with Gasteiger partial charge in [0, 0.05) is 35.9 Å². The predicted octanol–water partition coefficient (Wildman–Crippen LogP) is 0.357. The van der Waals surface area contributed by atoms with Gasteiger partial charge in [0.25, 0.3) is 0 Å². The zero-order valence-corrected chi connectivity index (χ0v) is 23.9. The van der Waals surface area contributed by atoms with Crippen molar-refractivity contribution < 1.29 is 29.2 Å². The Balaban J connectivity index is 2.21. The monoisotopic (exact) mass is 573 g/mol. The molecule has 0 unspecified atom stereocenters. The number of benzene rings is 1. The molecular weight excluding hydrogens is 530 g/mol. The number of amides is 5. The van der Waals surface area contributed by atoms with Crippen LogP contribution in [0.3, 0.4) is 0 Å². The van der Waals surface area contributed by atoms with E-state index >= 15 is 0 Å². The van der Waals surface area contributed by atoms with E-state index in [1.165, 1.54) is 12.4 Å². The van der Waals surface area contributed by atoms with Crippen molar-refractivity contribution in [1.82, 2.24) is 26.4 Å². The number of hydrogen-bond acceptors (Lipinski definition) is 7. The number of hydrogen-bond donors (Lipinski definition) is 8. The van der Waals surface area contributed by atoms with Crippen LogP contribution >= 0.6 is 0 Å². The second kappa shape index (κ2) is 16.3. The summed E-state index contributed by atoms with van der Waals surface area (Å²) in [7, 11) is 0. The first-order valence-electron chi connectivity index (χ1n) is 13.8. The van der Waals surface area contributed by atoms with Gasteiger partial charge in [-0.3, -0.25) is 29.2 Å². The lowest BCUT2D eigenvalue weighted by Gasteiger charge is -2.25. The molecule has 13 heteroatoms. The van der Waals surface area contributed by atoms with E-state index in [1.54, 1.807) is 6.20 Å². The average Bonchev–Trinajstić information content (AvgIpc) is 3.33. The van der Waals surface area contributed by atoms with Crippen molar-refractivity contribution in [2.75, 3.05) is 6.54 Å². The Morgan fingerprint density at radius 2 is 1.61 bits per heavy atom. The fourth-order valence-corrected chi connectivity index (χ4v) is 4.60. The molecule has 0 spiro atoms. The molecule has 0 fully saturated rings. The fraction of sp³-hybridized carbons (Fsp3) is 0.536. The normalized spacial score (nSPS) is 14.1. The van der Waals surface area contributed by atoms with Gasteiger partial charge in [-0.2, -0.15) is 0 Å². The van der Waals surface area contributed by atoms with E-state index in [1.807, 2.05) is 38.1 Å². The molecule has 0 bridgehead atoms. The molecule has 1 heterocycles. The highest BCUT2D eigenvalue weighted by molar-refractivity contribution is 5.95. The summed E-state index contributed by atoms with van der Waals surface area (Å²) < 4.78 is 0. The van der Waals surface area contributed by atoms with Crippen LogP contribution in [0.2, 0.25) is 0 Å². The number of aromatic amines is 1. The third kappa shape index (κ3) is 10.5. The maximum Gasteiger partial charge on any atom is 0.244 e. The topological polar surface area (TPSA) is 222 Å². The van der Waals surface area contributed by atoms with Gasteiger partial charge >= 0.3 is 0 Å². The first-order valence-corrected chi connectivity index (χ1v) is 13.8. The minimum Gasteiger partial charge on any atom is -0.368 e. The van der Waals surface area contributed by atoms with E-state index in [-0.39, 0.29) is 18.8 Å². The molecule has 2 rings (SSSR count). The van der Waals surface area contributed by atoms with Gasteiger partial charge < -0.3 is 32.4 Å². The summed E-state index contributed by atoms with van der Waals surface area (Å²) >= 11 is 0. The van der Waals surface area contributed by atoms with Crippen LogP contribution in [0.15, 0.2) is 30.5 Å². The number of hydroxylamine groups is 1. The Bertz CT molecular complexity index is 1200. The molecule has 13 nitrogen and oxygen atoms in total. The lowest BCUT2D eigenvalue weighted by atomic mass is 9.92. The highest BCUT2D eigenvalue weighted by Crippen LogP contribution is 2.20. The average molecular weight is 574 g/mol. The highest BCUT2D eigenvalue weighted by atomic mass is 16.5. The van der Waals surface area contributed by atoms with Crippen molar-refractivity contribution in [3.8, 4) is 0 Å². The maximum atomic E-state index is 13.4. The SMILES string of the molecule is CC(C)C[C@H](CC(=O)NO)C(=O)N[C@@H](C)C(=O)N[C@@H](Cc1c[nH]c2ccccc12)C(=O)N[C@@H](CCCCN)C(N)=O. The number of carbonyl (C=O) groups excluding carboxylic acids is 5. The van der Waals surface area contributed by atoms with Crippen molar-refractivity contribution in [2.45, 2.75) is 77.4 Å². The predicted molar refractivity (Wildman–Crippen MR) is 153 cm³/mol. The van der Waals surface area contributed by atoms with Crippen molar-refractivity contribution in [2.24, 2.45) is 23.3 Å². The Morgan fingerprint density at radius 1 is 0.927 bits per heavy atom. The third-order valence-corrected chi connectivity index (χ3v) is 6.77. The Labute approximate surface area is 239 Å². The van der Waals surface area contributed by atoms with Crippen LogP contribution in [0.25, 0.3) is 10.9 Å². The van der Waals surface area contributed by atoms with E-state index in [0.29, 0.717) is 32.2 Å². The van der Waals surface area contributed by atoms with E-state index in [0.717, 1.165) is 16.5 Å². The zero-order chi connectivity index (χ0) is 30.5. The molecule has 0 saturated heterocycles. The molecule has 4 atom stereocenters. The van der Waals surface area contributed by atoms with Crippen LogP contribution in [-0.2, 0) is 30.4 Å². The Morgan fingerprint density at radius 3 is 2.24 bits per heavy atom. The van der Waals surface area contributed by atoms with Crippen LogP contribution in [0.1, 0.15) is 58.4 Å². The molecule has 1 aromatic heterocycles. The summed E-state index contributed by atoms with van der Waals surface area (Å²) in [5, 5.41) is 17.7. The maximum absolute atomic E-state index is 13.4. The standard InChI is InChI=1S/C28H43N7O6/c1-16(2)12-18(14-24(36)35-41)27(39)32-17(3)26(38)34-23(13-19-15-31-21-9-5-4-8-20(19)21)28(40)33-22(25(30)37)10-6-7-11-29/h4-5,8-9,15-18,22-23,31,41H,6-7,10-14,29H2,1-3H3,(H2,30,37)(H,32,39)(H,33,40)(H,34,38)(H,35,36)/t17-,18+,22-,23-/m0/s1. The van der Waals surface area contributed by atoms with Crippen molar-refractivity contribution in [3.05, 3.63) is 36.0 Å². The number of fused-ring (bicyclic) bond motifs is 1. The van der Waals surface area contributed by atoms with E-state index in [2.05, 4.69) is 20.9 Å². The molecule has 0 aliphatic heterocycles. The van der Waals surface area contributed by atoms with Gasteiger partial charge in [0.1, 0.15) is 18.1 Å². The van der Waals surface area contributed by atoms with Crippen molar-refractivity contribution in [3.63, 3.8) is 0 Å². The van der Waals surface area contributed by atoms with Gasteiger partial charge in [-0.1, -0.05) is 32.0 Å². The molecule has 0 radical (unpaired) electrons. The minimum atomic E-state index is -1.09. The number of H-pyrrole nitrogens is 1. The lowest BCUT2D eigenvalue weighted by molar-refractivity contribution is -0.137. The van der Waals surface area contributed by atoms with Crippen molar-refractivity contribution >= 4 is 40.4 Å². The van der Waals surface area contributed by atoms with Gasteiger partial charge in [0.05, 0.1) is 0 Å². The first kappa shape index (κ1) is 33.2. The number of para-hydroxylation sites is 1. The number of aromatic nitrogens is 1. The summed E-state index contributed by atoms with van der Waals surface area (Å²) in [6.45, 7) is 5.67. The number of nitrogens with two attached hydrogens (primary N) is 2. The largest absolute Gasteiger partial charge is 0.368 e. The van der Waals surface area contributed by atoms with Gasteiger partial charge in [-0.05, 0) is 56.7 Å². The van der Waals surface area contributed by atoms with E-state index < -0.39 is 53.6 Å². The molecule has 0 saturated carbocycles. The van der Waals surface area contributed by atoms with Crippen LogP contribution in [0.5, 0.6) is 0 Å². The zero-order valence-electron chi connectivity index (χ0n) is 23.9. The Hall–Kier alpha value is -3.97. The number of primary amides is 1. The third-order valence-electron chi connectivity index (χ3n) is 6.77. The van der Waals surface area contributed by atoms with Gasteiger partial charge in [0.15, 0.2) is 0 Å². The van der Waals surface area contributed by atoms with Crippen LogP contribution < -0.4 is 32.9 Å². The summed E-state index contributed by atoms with van der Waals surface area (Å²) in [5.74, 6) is -3.87. The molecule has 0 aliphatic rings. The molecule has 2 aromatic rings. The number of unbranched alkanes of at least 4 members (excludes halogenated alkanes) is 1. The van der Waals surface area contributed by atoms with E-state index in [9.17, 15) is 24.0 Å². The van der Waals surface area contributed by atoms with Crippen LogP contribution in [-0.4, -0.2) is 64.4 Å². The van der Waals surface area contributed by atoms with Gasteiger partial charge in [0.2, 0.25) is 29.5 Å². The molecule has 226 valence electrons. The van der Waals surface area contributed by atoms with Crippen molar-refractivity contribution in [1.29, 1.82) is 0 Å². The fourth-order valence-electron chi connectivity index (χ4n) is 4.60. The summed E-state index contributed by atoms with van der Waals surface area (Å²) in [6, 6.07) is 4.41. The summed E-state index contributed by atoms with van der Waals surface area (Å²) in [6.07, 6.45) is 3.50. The minimum absolute atomic E-state index is 0.0775. The lowest BCUT2D eigenvalue weighted by Crippen LogP contribution is -2.56. The quantitative estimate of drug-likeness (QED) is 0.0753. The molecule has 41 heavy (non-hydrogen) atoms. The Kier molecular flexibility index (Phi) is 13.2. The summed E-state index contributed by atoms with van der Waals surface area (Å²) in [4.78, 5) is 66.4.